The van der Waals surface area contributed by atoms with Crippen molar-refractivity contribution in [3.05, 3.63) is 11.7 Å². The first kappa shape index (κ1) is 15.1. The van der Waals surface area contributed by atoms with E-state index < -0.39 is 0 Å². The van der Waals surface area contributed by atoms with Crippen molar-refractivity contribution in [3.8, 4) is 0 Å². The van der Waals surface area contributed by atoms with Gasteiger partial charge in [0.15, 0.2) is 11.8 Å². The smallest absolute Gasteiger partial charge is 0.248 e. The second-order valence-electron chi connectivity index (χ2n) is 2.96. The molecule has 0 radical (unpaired) electrons. The van der Waals surface area contributed by atoms with Gasteiger partial charge >= 0.3 is 0 Å². The molecule has 0 aliphatic rings. The van der Waals surface area contributed by atoms with Gasteiger partial charge in [-0.05, 0) is 20.8 Å². The van der Waals surface area contributed by atoms with Gasteiger partial charge in [0, 0.05) is 13.1 Å². The highest BCUT2D eigenvalue weighted by atomic mass is 127. The maximum atomic E-state index is 4.95. The Morgan fingerprint density at radius 1 is 1.31 bits per heavy atom. The van der Waals surface area contributed by atoms with Crippen LogP contribution in [-0.2, 0) is 6.54 Å². The fraction of sp³-hybridized carbons (Fsp3) is 0.667. The average molecular weight is 339 g/mol. The lowest BCUT2D eigenvalue weighted by molar-refractivity contribution is 0.376. The highest BCUT2D eigenvalue weighted by molar-refractivity contribution is 14.0. The monoisotopic (exact) mass is 339 g/mol. The summed E-state index contributed by atoms with van der Waals surface area (Å²) >= 11 is 0. The topological polar surface area (TPSA) is 75.3 Å². The third-order valence-electron chi connectivity index (χ3n) is 1.63. The SMILES string of the molecule is CCNC(=NCc1nc(C)no1)NCC.I. The standard InChI is InChI=1S/C9H17N5O.HI/c1-4-10-9(11-5-2)12-6-8-13-7(3)14-15-8;/h4-6H2,1-3H3,(H2,10,11,12);1H. The minimum atomic E-state index is 0. The molecule has 0 fully saturated rings. The number of guanidine groups is 1. The quantitative estimate of drug-likeness (QED) is 0.488. The highest BCUT2D eigenvalue weighted by Gasteiger charge is 2.01. The number of nitrogens with zero attached hydrogens (tertiary/aromatic N) is 3. The number of halogens is 1. The zero-order valence-electron chi connectivity index (χ0n) is 9.78. The van der Waals surface area contributed by atoms with Gasteiger partial charge in [0.1, 0.15) is 6.54 Å². The van der Waals surface area contributed by atoms with Crippen molar-refractivity contribution in [1.82, 2.24) is 20.8 Å². The summed E-state index contributed by atoms with van der Waals surface area (Å²) in [5.41, 5.74) is 0. The lowest BCUT2D eigenvalue weighted by Crippen LogP contribution is -2.36. The van der Waals surface area contributed by atoms with Crippen LogP contribution in [0.5, 0.6) is 0 Å². The van der Waals surface area contributed by atoms with E-state index in [2.05, 4.69) is 25.8 Å². The molecule has 0 spiro atoms. The van der Waals surface area contributed by atoms with Crippen molar-refractivity contribution in [1.29, 1.82) is 0 Å². The summed E-state index contributed by atoms with van der Waals surface area (Å²) in [5, 5.41) is 9.91. The van der Waals surface area contributed by atoms with Crippen LogP contribution >= 0.6 is 24.0 Å². The van der Waals surface area contributed by atoms with Crippen LogP contribution in [0.2, 0.25) is 0 Å². The van der Waals surface area contributed by atoms with Crippen LogP contribution in [0.25, 0.3) is 0 Å². The molecule has 7 heteroatoms. The van der Waals surface area contributed by atoms with Crippen LogP contribution < -0.4 is 10.6 Å². The molecule has 0 aliphatic heterocycles. The molecule has 16 heavy (non-hydrogen) atoms. The largest absolute Gasteiger partial charge is 0.357 e. The zero-order chi connectivity index (χ0) is 11.1. The molecular weight excluding hydrogens is 321 g/mol. The van der Waals surface area contributed by atoms with E-state index in [4.69, 9.17) is 4.52 Å². The Kier molecular flexibility index (Phi) is 7.86. The molecule has 1 heterocycles. The summed E-state index contributed by atoms with van der Waals surface area (Å²) in [6.07, 6.45) is 0. The van der Waals surface area contributed by atoms with Crippen LogP contribution in [0, 0.1) is 6.92 Å². The van der Waals surface area contributed by atoms with Gasteiger partial charge in [-0.1, -0.05) is 5.16 Å². The second-order valence-corrected chi connectivity index (χ2v) is 2.96. The summed E-state index contributed by atoms with van der Waals surface area (Å²) < 4.78 is 4.95. The number of hydrogen-bond donors (Lipinski definition) is 2. The molecule has 0 amide bonds. The minimum Gasteiger partial charge on any atom is -0.357 e. The fourth-order valence-electron chi connectivity index (χ4n) is 1.06. The van der Waals surface area contributed by atoms with Crippen molar-refractivity contribution in [2.24, 2.45) is 4.99 Å². The van der Waals surface area contributed by atoms with E-state index in [0.717, 1.165) is 19.0 Å². The molecule has 1 rings (SSSR count). The molecule has 0 aromatic carbocycles. The van der Waals surface area contributed by atoms with E-state index >= 15 is 0 Å². The van der Waals surface area contributed by atoms with Crippen LogP contribution in [-0.4, -0.2) is 29.2 Å². The van der Waals surface area contributed by atoms with E-state index in [1.54, 1.807) is 6.92 Å². The fourth-order valence-corrected chi connectivity index (χ4v) is 1.06. The highest BCUT2D eigenvalue weighted by Crippen LogP contribution is 1.97. The maximum Gasteiger partial charge on any atom is 0.248 e. The van der Waals surface area contributed by atoms with Crippen LogP contribution in [0.1, 0.15) is 25.6 Å². The van der Waals surface area contributed by atoms with Crippen molar-refractivity contribution >= 4 is 29.9 Å². The third kappa shape index (κ3) is 5.29. The Balaban J connectivity index is 0.00000225. The molecular formula is C9H18IN5O. The summed E-state index contributed by atoms with van der Waals surface area (Å²) in [5.74, 6) is 1.92. The van der Waals surface area contributed by atoms with E-state index in [-0.39, 0.29) is 24.0 Å². The van der Waals surface area contributed by atoms with Crippen molar-refractivity contribution < 1.29 is 4.52 Å². The first-order valence-corrected chi connectivity index (χ1v) is 5.07. The predicted octanol–water partition coefficient (Wildman–Crippen LogP) is 1.07. The van der Waals surface area contributed by atoms with Crippen LogP contribution in [0.4, 0.5) is 0 Å². The van der Waals surface area contributed by atoms with E-state index in [9.17, 15) is 0 Å². The van der Waals surface area contributed by atoms with Gasteiger partial charge in [0.05, 0.1) is 0 Å². The molecule has 0 saturated carbocycles. The lowest BCUT2D eigenvalue weighted by atomic mass is 10.6. The predicted molar refractivity (Wildman–Crippen MR) is 72.9 cm³/mol. The Bertz CT molecular complexity index is 317. The summed E-state index contributed by atoms with van der Waals surface area (Å²) in [6.45, 7) is 7.87. The van der Waals surface area contributed by atoms with Gasteiger partial charge in [0.2, 0.25) is 5.89 Å². The lowest BCUT2D eigenvalue weighted by Gasteiger charge is -2.07. The van der Waals surface area contributed by atoms with E-state index in [1.807, 2.05) is 13.8 Å². The first-order valence-electron chi connectivity index (χ1n) is 5.07. The van der Waals surface area contributed by atoms with Gasteiger partial charge in [-0.15, -0.1) is 24.0 Å². The van der Waals surface area contributed by atoms with Crippen molar-refractivity contribution in [3.63, 3.8) is 0 Å². The molecule has 0 atom stereocenters. The van der Waals surface area contributed by atoms with Gasteiger partial charge in [-0.25, -0.2) is 4.99 Å². The van der Waals surface area contributed by atoms with Crippen molar-refractivity contribution in [2.45, 2.75) is 27.3 Å². The van der Waals surface area contributed by atoms with Gasteiger partial charge in [0.25, 0.3) is 0 Å². The molecule has 1 aromatic rings. The van der Waals surface area contributed by atoms with E-state index in [0.29, 0.717) is 18.3 Å². The molecule has 2 N–H and O–H groups in total. The minimum absolute atomic E-state index is 0. The molecule has 6 nitrogen and oxygen atoms in total. The first-order chi connectivity index (χ1) is 7.26. The third-order valence-corrected chi connectivity index (χ3v) is 1.63. The van der Waals surface area contributed by atoms with Crippen LogP contribution in [0.3, 0.4) is 0 Å². The molecule has 0 aliphatic carbocycles. The van der Waals surface area contributed by atoms with Crippen LogP contribution in [0.15, 0.2) is 9.52 Å². The Morgan fingerprint density at radius 2 is 1.94 bits per heavy atom. The average Bonchev–Trinajstić information content (AvgIpc) is 2.61. The molecule has 0 unspecified atom stereocenters. The molecule has 1 aromatic heterocycles. The normalized spacial score (nSPS) is 9.19. The molecule has 0 saturated heterocycles. The molecule has 92 valence electrons. The van der Waals surface area contributed by atoms with Gasteiger partial charge in [-0.2, -0.15) is 4.98 Å². The van der Waals surface area contributed by atoms with Crippen molar-refractivity contribution in [2.75, 3.05) is 13.1 Å². The summed E-state index contributed by atoms with van der Waals surface area (Å²) in [4.78, 5) is 8.35. The summed E-state index contributed by atoms with van der Waals surface area (Å²) in [6, 6.07) is 0. The molecule has 0 bridgehead atoms. The van der Waals surface area contributed by atoms with Gasteiger partial charge in [-0.3, -0.25) is 0 Å². The Hall–Kier alpha value is -0.860. The number of aliphatic imine (C=N–C) groups is 1. The zero-order valence-corrected chi connectivity index (χ0v) is 12.1. The number of rotatable bonds is 4. The number of nitrogens with one attached hydrogen (secondary N) is 2. The van der Waals surface area contributed by atoms with Gasteiger partial charge < -0.3 is 15.2 Å². The second kappa shape index (κ2) is 8.31. The maximum absolute atomic E-state index is 4.95. The Morgan fingerprint density at radius 3 is 2.38 bits per heavy atom. The Labute approximate surface area is 112 Å². The number of aryl methyl sites for hydroxylation is 1. The summed E-state index contributed by atoms with van der Waals surface area (Å²) in [7, 11) is 0. The number of aromatic nitrogens is 2. The number of hydrogen-bond acceptors (Lipinski definition) is 4. The van der Waals surface area contributed by atoms with E-state index in [1.165, 1.54) is 0 Å².